The lowest BCUT2D eigenvalue weighted by Gasteiger charge is -2.18. The first-order valence-electron chi connectivity index (χ1n) is 10.3. The summed E-state index contributed by atoms with van der Waals surface area (Å²) in [5, 5.41) is 2.89. The molecule has 0 fully saturated rings. The summed E-state index contributed by atoms with van der Waals surface area (Å²) >= 11 is 0. The molecule has 0 spiro atoms. The van der Waals surface area contributed by atoms with E-state index in [9.17, 15) is 4.79 Å². The van der Waals surface area contributed by atoms with Gasteiger partial charge in [-0.15, -0.1) is 0 Å². The minimum atomic E-state index is 0.0206. The first-order valence-corrected chi connectivity index (χ1v) is 10.3. The second kappa shape index (κ2) is 16.1. The lowest BCUT2D eigenvalue weighted by Crippen LogP contribution is -2.32. The summed E-state index contributed by atoms with van der Waals surface area (Å²) in [6.07, 6.45) is 0.375. The van der Waals surface area contributed by atoms with Crippen molar-refractivity contribution in [3.63, 3.8) is 0 Å². The van der Waals surface area contributed by atoms with Crippen molar-refractivity contribution in [1.29, 1.82) is 0 Å². The molecule has 0 aromatic rings. The van der Waals surface area contributed by atoms with Crippen LogP contribution in [0.4, 0.5) is 0 Å². The number of hydrogen-bond donors (Lipinski definition) is 1. The number of amides is 1. The van der Waals surface area contributed by atoms with E-state index in [0.717, 1.165) is 6.61 Å². The molecule has 0 unspecified atom stereocenters. The van der Waals surface area contributed by atoms with Crippen molar-refractivity contribution in [2.45, 2.75) is 48.0 Å². The van der Waals surface area contributed by atoms with Crippen LogP contribution in [-0.2, 0) is 28.5 Å². The molecule has 0 aliphatic rings. The highest BCUT2D eigenvalue weighted by Gasteiger charge is 2.11. The maximum atomic E-state index is 11.6. The van der Waals surface area contributed by atoms with Gasteiger partial charge in [0, 0.05) is 13.0 Å². The van der Waals surface area contributed by atoms with Gasteiger partial charge < -0.3 is 29.0 Å². The zero-order valence-electron chi connectivity index (χ0n) is 18.9. The van der Waals surface area contributed by atoms with Gasteiger partial charge in [0.1, 0.15) is 0 Å². The molecule has 1 N–H and O–H groups in total. The van der Waals surface area contributed by atoms with Crippen LogP contribution in [0.25, 0.3) is 0 Å². The largest absolute Gasteiger partial charge is 0.379 e. The van der Waals surface area contributed by atoms with Crippen molar-refractivity contribution in [3.8, 4) is 0 Å². The molecule has 7 nitrogen and oxygen atoms in total. The fourth-order valence-electron chi connectivity index (χ4n) is 1.88. The Kier molecular flexibility index (Phi) is 15.7. The van der Waals surface area contributed by atoms with E-state index in [4.69, 9.17) is 23.7 Å². The van der Waals surface area contributed by atoms with Crippen LogP contribution >= 0.6 is 0 Å². The third-order valence-electron chi connectivity index (χ3n) is 3.31. The molecule has 0 heterocycles. The first-order chi connectivity index (χ1) is 13.1. The number of hydrogen-bond acceptors (Lipinski definition) is 6. The van der Waals surface area contributed by atoms with Gasteiger partial charge >= 0.3 is 0 Å². The van der Waals surface area contributed by atoms with Gasteiger partial charge in [-0.05, 0) is 10.8 Å². The number of nitrogens with one attached hydrogen (secondary N) is 1. The quantitative estimate of drug-likeness (QED) is 0.375. The summed E-state index contributed by atoms with van der Waals surface area (Å²) in [4.78, 5) is 11.6. The molecule has 1 amide bonds. The average Bonchev–Trinajstić information content (AvgIpc) is 2.58. The lowest BCUT2D eigenvalue weighted by molar-refractivity contribution is -0.122. The summed E-state index contributed by atoms with van der Waals surface area (Å²) in [6.45, 7) is 18.8. The summed E-state index contributed by atoms with van der Waals surface area (Å²) in [5.41, 5.74) is 0.286. The van der Waals surface area contributed by atoms with E-state index in [2.05, 4.69) is 46.9 Å². The van der Waals surface area contributed by atoms with E-state index in [1.807, 2.05) is 0 Å². The minimum absolute atomic E-state index is 0.0206. The van der Waals surface area contributed by atoms with Gasteiger partial charge in [-0.1, -0.05) is 41.5 Å². The molecule has 0 aliphatic carbocycles. The number of carbonyl (C=O) groups excluding carboxylic acids is 1. The number of rotatable bonds is 17. The van der Waals surface area contributed by atoms with Crippen molar-refractivity contribution in [3.05, 3.63) is 0 Å². The summed E-state index contributed by atoms with van der Waals surface area (Å²) in [6, 6.07) is 0. The molecule has 7 heteroatoms. The molecule has 0 saturated heterocycles. The van der Waals surface area contributed by atoms with E-state index in [1.165, 1.54) is 0 Å². The predicted octanol–water partition coefficient (Wildman–Crippen LogP) is 2.67. The van der Waals surface area contributed by atoms with Gasteiger partial charge in [0.15, 0.2) is 0 Å². The summed E-state index contributed by atoms with van der Waals surface area (Å²) < 4.78 is 27.2. The normalized spacial score (nSPS) is 12.4. The molecule has 0 radical (unpaired) electrons. The zero-order chi connectivity index (χ0) is 21.3. The van der Waals surface area contributed by atoms with Gasteiger partial charge in [-0.3, -0.25) is 4.79 Å². The van der Waals surface area contributed by atoms with E-state index in [0.29, 0.717) is 72.4 Å². The van der Waals surface area contributed by atoms with Crippen LogP contribution in [0.2, 0.25) is 0 Å². The van der Waals surface area contributed by atoms with Crippen LogP contribution in [0.15, 0.2) is 0 Å². The molecule has 0 aliphatic heterocycles. The Hall–Kier alpha value is -0.730. The van der Waals surface area contributed by atoms with Crippen LogP contribution in [-0.4, -0.2) is 78.5 Å². The van der Waals surface area contributed by atoms with Crippen LogP contribution in [0, 0.1) is 10.8 Å². The number of ether oxygens (including phenoxy) is 5. The van der Waals surface area contributed by atoms with Crippen molar-refractivity contribution in [2.75, 3.05) is 72.6 Å². The number of carbonyl (C=O) groups is 1. The van der Waals surface area contributed by atoms with Gasteiger partial charge in [0.25, 0.3) is 0 Å². The summed E-state index contributed by atoms with van der Waals surface area (Å²) in [5.74, 6) is 0.0206. The Bertz CT molecular complexity index is 376. The van der Waals surface area contributed by atoms with Gasteiger partial charge in [-0.25, -0.2) is 0 Å². The Morgan fingerprint density at radius 1 is 0.607 bits per heavy atom. The zero-order valence-corrected chi connectivity index (χ0v) is 18.9. The molecular weight excluding hydrogens is 362 g/mol. The first kappa shape index (κ1) is 27.3. The van der Waals surface area contributed by atoms with E-state index >= 15 is 0 Å². The maximum absolute atomic E-state index is 11.6. The topological polar surface area (TPSA) is 75.3 Å². The minimum Gasteiger partial charge on any atom is -0.379 e. The lowest BCUT2D eigenvalue weighted by atomic mass is 9.97. The van der Waals surface area contributed by atoms with Crippen molar-refractivity contribution in [1.82, 2.24) is 5.32 Å². The highest BCUT2D eigenvalue weighted by Crippen LogP contribution is 2.12. The van der Waals surface area contributed by atoms with Crippen molar-refractivity contribution in [2.24, 2.45) is 10.8 Å². The average molecular weight is 406 g/mol. The van der Waals surface area contributed by atoms with E-state index in [1.54, 1.807) is 0 Å². The second-order valence-corrected chi connectivity index (χ2v) is 9.15. The molecule has 0 rings (SSSR count). The van der Waals surface area contributed by atoms with Crippen LogP contribution in [0.1, 0.15) is 48.0 Å². The Labute approximate surface area is 171 Å². The molecule has 0 bridgehead atoms. The fourth-order valence-corrected chi connectivity index (χ4v) is 1.88. The van der Waals surface area contributed by atoms with Crippen LogP contribution in [0.5, 0.6) is 0 Å². The van der Waals surface area contributed by atoms with Gasteiger partial charge in [-0.2, -0.15) is 0 Å². The Morgan fingerprint density at radius 2 is 1.00 bits per heavy atom. The van der Waals surface area contributed by atoms with E-state index < -0.39 is 0 Å². The molecule has 0 saturated carbocycles. The third kappa shape index (κ3) is 23.3. The van der Waals surface area contributed by atoms with Gasteiger partial charge in [0.2, 0.25) is 5.91 Å². The van der Waals surface area contributed by atoms with Crippen LogP contribution < -0.4 is 5.32 Å². The molecule has 168 valence electrons. The molecule has 28 heavy (non-hydrogen) atoms. The molecule has 0 aromatic carbocycles. The van der Waals surface area contributed by atoms with Crippen molar-refractivity contribution >= 4 is 5.91 Å². The molecule has 0 aromatic heterocycles. The Balaban J connectivity index is 3.19. The predicted molar refractivity (Wildman–Crippen MR) is 111 cm³/mol. The standard InChI is InChI=1S/C21H43NO6/c1-20(2,3)17-22-19(23)7-8-24-9-10-25-11-12-26-13-14-27-15-16-28-18-21(4,5)6/h7-18H2,1-6H3,(H,22,23). The monoisotopic (exact) mass is 405 g/mol. The third-order valence-corrected chi connectivity index (χ3v) is 3.31. The van der Waals surface area contributed by atoms with Crippen LogP contribution in [0.3, 0.4) is 0 Å². The molecule has 0 atom stereocenters. The summed E-state index contributed by atoms with van der Waals surface area (Å²) in [7, 11) is 0. The maximum Gasteiger partial charge on any atom is 0.222 e. The highest BCUT2D eigenvalue weighted by molar-refractivity contribution is 5.75. The van der Waals surface area contributed by atoms with Gasteiger partial charge in [0.05, 0.1) is 66.1 Å². The van der Waals surface area contributed by atoms with Crippen molar-refractivity contribution < 1.29 is 28.5 Å². The second-order valence-electron chi connectivity index (χ2n) is 9.15. The SMILES string of the molecule is CC(C)(C)CNC(=O)CCOCCOCCOCCOCCOCC(C)(C)C. The Morgan fingerprint density at radius 3 is 1.39 bits per heavy atom. The smallest absolute Gasteiger partial charge is 0.222 e. The highest BCUT2D eigenvalue weighted by atomic mass is 16.6. The molecular formula is C21H43NO6. The van der Waals surface area contributed by atoms with E-state index in [-0.39, 0.29) is 16.7 Å². The fraction of sp³-hybridized carbons (Fsp3) is 0.952.